The quantitative estimate of drug-likeness (QED) is 0.738. The smallest absolute Gasteiger partial charge is 0.268 e. The van der Waals surface area contributed by atoms with Crippen LogP contribution in [-0.4, -0.2) is 36.1 Å². The third kappa shape index (κ3) is 3.30. The van der Waals surface area contributed by atoms with Gasteiger partial charge in [-0.15, -0.1) is 0 Å². The molecule has 2 aromatic carbocycles. The molecule has 1 aliphatic heterocycles. The van der Waals surface area contributed by atoms with Crippen molar-refractivity contribution in [2.75, 3.05) is 31.1 Å². The number of fused-ring (bicyclic) bond motifs is 3. The Labute approximate surface area is 176 Å². The van der Waals surface area contributed by atoms with Crippen molar-refractivity contribution < 1.29 is 0 Å². The van der Waals surface area contributed by atoms with E-state index in [4.69, 9.17) is 0 Å². The van der Waals surface area contributed by atoms with E-state index in [1.54, 1.807) is 0 Å². The molecule has 0 bridgehead atoms. The molecular formula is C25H24N4O. The van der Waals surface area contributed by atoms with Crippen molar-refractivity contribution in [3.05, 3.63) is 87.2 Å². The van der Waals surface area contributed by atoms with Crippen LogP contribution < -0.4 is 10.5 Å². The molecule has 0 saturated carbocycles. The summed E-state index contributed by atoms with van der Waals surface area (Å²) in [5.41, 5.74) is 5.48. The van der Waals surface area contributed by atoms with Crippen molar-refractivity contribution in [3.63, 3.8) is 0 Å². The zero-order chi connectivity index (χ0) is 20.5. The number of aryl methyl sites for hydroxylation is 1. The van der Waals surface area contributed by atoms with Gasteiger partial charge in [0.05, 0.1) is 0 Å². The summed E-state index contributed by atoms with van der Waals surface area (Å²) in [6, 6.07) is 20.8. The summed E-state index contributed by atoms with van der Waals surface area (Å²) in [5, 5.41) is 9.69. The van der Waals surface area contributed by atoms with E-state index in [2.05, 4.69) is 51.2 Å². The van der Waals surface area contributed by atoms with Gasteiger partial charge in [0.25, 0.3) is 5.56 Å². The van der Waals surface area contributed by atoms with Gasteiger partial charge in [0.15, 0.2) is 0 Å². The Kier molecular flexibility index (Phi) is 4.86. The second-order valence-electron chi connectivity index (χ2n) is 8.05. The monoisotopic (exact) mass is 396 g/mol. The minimum Gasteiger partial charge on any atom is -0.355 e. The first-order valence-electron chi connectivity index (χ1n) is 10.5. The standard InChI is InChI=1S/C25H24N4O/c26-16-22-23-20-9-5-4-8-19(20)10-11-21(23)24(27-25(22)30)29-14-12-28(13-15-29)17-18-6-2-1-3-7-18/h1-9H,10-15,17H2,(H,27,30). The van der Waals surface area contributed by atoms with Gasteiger partial charge in [-0.25, -0.2) is 0 Å². The summed E-state index contributed by atoms with van der Waals surface area (Å²) < 4.78 is 0. The van der Waals surface area contributed by atoms with Gasteiger partial charge in [0.2, 0.25) is 0 Å². The first-order valence-corrected chi connectivity index (χ1v) is 10.5. The van der Waals surface area contributed by atoms with Crippen molar-refractivity contribution in [2.45, 2.75) is 19.4 Å². The Morgan fingerprint density at radius 3 is 2.43 bits per heavy atom. The summed E-state index contributed by atoms with van der Waals surface area (Å²) in [7, 11) is 0. The number of rotatable bonds is 3. The summed E-state index contributed by atoms with van der Waals surface area (Å²) >= 11 is 0. The van der Waals surface area contributed by atoms with Gasteiger partial charge in [-0.3, -0.25) is 9.69 Å². The third-order valence-corrected chi connectivity index (χ3v) is 6.28. The Balaban J connectivity index is 1.45. The number of benzene rings is 2. The van der Waals surface area contributed by atoms with E-state index in [0.717, 1.165) is 68.1 Å². The second-order valence-corrected chi connectivity index (χ2v) is 8.05. The van der Waals surface area contributed by atoms with Crippen molar-refractivity contribution in [3.8, 4) is 17.2 Å². The van der Waals surface area contributed by atoms with Gasteiger partial charge in [0, 0.05) is 43.9 Å². The molecule has 2 aliphatic rings. The number of hydrogen-bond donors (Lipinski definition) is 1. The van der Waals surface area contributed by atoms with E-state index in [-0.39, 0.29) is 11.1 Å². The summed E-state index contributed by atoms with van der Waals surface area (Å²) in [6.45, 7) is 4.57. The number of hydrogen-bond acceptors (Lipinski definition) is 4. The number of piperazine rings is 1. The highest BCUT2D eigenvalue weighted by Gasteiger charge is 2.28. The molecule has 2 heterocycles. The van der Waals surface area contributed by atoms with Crippen molar-refractivity contribution >= 4 is 5.82 Å². The number of anilines is 1. The van der Waals surface area contributed by atoms with Gasteiger partial charge in [0.1, 0.15) is 17.5 Å². The van der Waals surface area contributed by atoms with Crippen LogP contribution in [-0.2, 0) is 19.4 Å². The topological polar surface area (TPSA) is 63.1 Å². The Morgan fingerprint density at radius 1 is 0.933 bits per heavy atom. The van der Waals surface area contributed by atoms with Gasteiger partial charge in [-0.2, -0.15) is 5.26 Å². The molecule has 5 rings (SSSR count). The number of nitrogens with one attached hydrogen (secondary N) is 1. The molecule has 5 nitrogen and oxygen atoms in total. The highest BCUT2D eigenvalue weighted by molar-refractivity contribution is 5.81. The zero-order valence-electron chi connectivity index (χ0n) is 16.9. The highest BCUT2D eigenvalue weighted by atomic mass is 16.1. The van der Waals surface area contributed by atoms with Crippen LogP contribution in [0.4, 0.5) is 5.82 Å². The molecule has 0 atom stereocenters. The predicted octanol–water partition coefficient (Wildman–Crippen LogP) is 3.33. The minimum absolute atomic E-state index is 0.239. The zero-order valence-corrected chi connectivity index (χ0v) is 16.9. The lowest BCUT2D eigenvalue weighted by Gasteiger charge is -2.37. The van der Waals surface area contributed by atoms with E-state index in [1.807, 2.05) is 24.3 Å². The van der Waals surface area contributed by atoms with Gasteiger partial charge < -0.3 is 9.88 Å². The van der Waals surface area contributed by atoms with E-state index >= 15 is 0 Å². The number of pyridine rings is 1. The van der Waals surface area contributed by atoms with Crippen LogP contribution in [0.3, 0.4) is 0 Å². The molecule has 0 spiro atoms. The molecule has 1 aliphatic carbocycles. The summed E-state index contributed by atoms with van der Waals surface area (Å²) in [6.07, 6.45) is 1.78. The molecule has 150 valence electrons. The molecule has 0 unspecified atom stereocenters. The Morgan fingerprint density at radius 2 is 1.67 bits per heavy atom. The maximum absolute atomic E-state index is 12.8. The average Bonchev–Trinajstić information content (AvgIpc) is 2.80. The molecule has 1 fully saturated rings. The number of aromatic amines is 1. The van der Waals surface area contributed by atoms with Crippen LogP contribution in [0.1, 0.15) is 22.3 Å². The molecular weight excluding hydrogens is 372 g/mol. The van der Waals surface area contributed by atoms with E-state index < -0.39 is 0 Å². The molecule has 30 heavy (non-hydrogen) atoms. The van der Waals surface area contributed by atoms with Crippen molar-refractivity contribution in [1.29, 1.82) is 5.26 Å². The fraction of sp³-hybridized carbons (Fsp3) is 0.280. The highest BCUT2D eigenvalue weighted by Crippen LogP contribution is 2.38. The lowest BCUT2D eigenvalue weighted by atomic mass is 9.83. The van der Waals surface area contributed by atoms with Crippen LogP contribution in [0.15, 0.2) is 59.4 Å². The van der Waals surface area contributed by atoms with Crippen LogP contribution in [0.2, 0.25) is 0 Å². The van der Waals surface area contributed by atoms with E-state index in [9.17, 15) is 10.1 Å². The molecule has 0 amide bonds. The lowest BCUT2D eigenvalue weighted by molar-refractivity contribution is 0.249. The van der Waals surface area contributed by atoms with Crippen LogP contribution >= 0.6 is 0 Å². The predicted molar refractivity (Wildman–Crippen MR) is 119 cm³/mol. The van der Waals surface area contributed by atoms with Gasteiger partial charge in [-0.1, -0.05) is 54.6 Å². The van der Waals surface area contributed by atoms with Crippen molar-refractivity contribution in [1.82, 2.24) is 9.88 Å². The maximum Gasteiger partial charge on any atom is 0.268 e. The minimum atomic E-state index is -0.283. The summed E-state index contributed by atoms with van der Waals surface area (Å²) in [4.78, 5) is 20.6. The fourth-order valence-corrected chi connectivity index (χ4v) is 4.76. The molecule has 1 N–H and O–H groups in total. The number of H-pyrrole nitrogens is 1. The van der Waals surface area contributed by atoms with E-state index in [0.29, 0.717) is 0 Å². The fourth-order valence-electron chi connectivity index (χ4n) is 4.76. The molecule has 5 heteroatoms. The largest absolute Gasteiger partial charge is 0.355 e. The summed E-state index contributed by atoms with van der Waals surface area (Å²) in [5.74, 6) is 0.905. The molecule has 3 aromatic rings. The Bertz CT molecular complexity index is 1170. The SMILES string of the molecule is N#Cc1c2c(c(N3CCN(Cc4ccccc4)CC3)[nH]c1=O)CCc1ccccc1-2. The average molecular weight is 396 g/mol. The van der Waals surface area contributed by atoms with Crippen molar-refractivity contribution in [2.24, 2.45) is 0 Å². The molecule has 1 saturated heterocycles. The first-order chi connectivity index (χ1) is 14.7. The third-order valence-electron chi connectivity index (χ3n) is 6.28. The molecule has 1 aromatic heterocycles. The number of nitrogens with zero attached hydrogens (tertiary/aromatic N) is 3. The van der Waals surface area contributed by atoms with Crippen LogP contribution in [0, 0.1) is 11.3 Å². The van der Waals surface area contributed by atoms with E-state index in [1.165, 1.54) is 11.1 Å². The number of aromatic nitrogens is 1. The van der Waals surface area contributed by atoms with Gasteiger partial charge in [-0.05, 0) is 29.5 Å². The normalized spacial score (nSPS) is 15.9. The second kappa shape index (κ2) is 7.81. The van der Waals surface area contributed by atoms with Crippen LogP contribution in [0.25, 0.3) is 11.1 Å². The Hall–Kier alpha value is -3.36. The van der Waals surface area contributed by atoms with Gasteiger partial charge >= 0.3 is 0 Å². The first kappa shape index (κ1) is 18.7. The van der Waals surface area contributed by atoms with Crippen LogP contribution in [0.5, 0.6) is 0 Å². The molecule has 0 radical (unpaired) electrons. The number of nitriles is 1. The lowest BCUT2D eigenvalue weighted by Crippen LogP contribution is -2.47. The maximum atomic E-state index is 12.8.